The predicted molar refractivity (Wildman–Crippen MR) is 157 cm³/mol. The first kappa shape index (κ1) is 28.7. The Kier molecular flexibility index (Phi) is 8.46. The number of carbonyl (C=O) groups is 1. The molecule has 0 aliphatic heterocycles. The van der Waals surface area contributed by atoms with Gasteiger partial charge in [0.2, 0.25) is 10.0 Å². The van der Waals surface area contributed by atoms with E-state index in [-0.39, 0.29) is 11.4 Å². The smallest absolute Gasteiger partial charge is 0.261 e. The number of hydrogen-bond acceptors (Lipinski definition) is 6. The van der Waals surface area contributed by atoms with E-state index in [1.165, 1.54) is 35.7 Å². The number of nitrogens with one attached hydrogen (secondary N) is 2. The molecule has 1 amide bonds. The third kappa shape index (κ3) is 7.19. The van der Waals surface area contributed by atoms with E-state index >= 15 is 0 Å². The molecule has 208 valence electrons. The summed E-state index contributed by atoms with van der Waals surface area (Å²) in [6.07, 6.45) is 1.16. The summed E-state index contributed by atoms with van der Waals surface area (Å²) in [5.74, 6) is 0.216. The standard InChI is InChI=1S/C29H29N3O6S2/c1-21-5-4-6-26(19-21)32(39(3,34)35)20-22-7-9-23(10-8-22)29(33)30-24-13-17-28(18-14-24)40(36,37)31-25-11-15-27(38-2)16-12-25/h4-19,31H,20H2,1-3H3,(H,30,33). The summed E-state index contributed by atoms with van der Waals surface area (Å²) in [6, 6.07) is 26.1. The van der Waals surface area contributed by atoms with Crippen LogP contribution in [0.25, 0.3) is 0 Å². The Balaban J connectivity index is 1.41. The van der Waals surface area contributed by atoms with Crippen molar-refractivity contribution in [3.05, 3.63) is 114 Å². The van der Waals surface area contributed by atoms with E-state index in [0.717, 1.165) is 11.8 Å². The average molecular weight is 580 g/mol. The van der Waals surface area contributed by atoms with Crippen molar-refractivity contribution in [1.82, 2.24) is 0 Å². The number of aryl methyl sites for hydroxylation is 1. The summed E-state index contributed by atoms with van der Waals surface area (Å²) in [4.78, 5) is 12.8. The number of sulfonamides is 2. The van der Waals surface area contributed by atoms with E-state index in [1.807, 2.05) is 13.0 Å². The number of amides is 1. The number of hydrogen-bond donors (Lipinski definition) is 2. The highest BCUT2D eigenvalue weighted by molar-refractivity contribution is 7.92. The average Bonchev–Trinajstić information content (AvgIpc) is 2.92. The van der Waals surface area contributed by atoms with Crippen molar-refractivity contribution in [2.75, 3.05) is 27.7 Å². The second-order valence-corrected chi connectivity index (χ2v) is 12.7. The van der Waals surface area contributed by atoms with Gasteiger partial charge in [0, 0.05) is 16.9 Å². The Labute approximate surface area is 234 Å². The Morgan fingerprint density at radius 3 is 2.02 bits per heavy atom. The molecular weight excluding hydrogens is 550 g/mol. The van der Waals surface area contributed by atoms with Gasteiger partial charge < -0.3 is 10.1 Å². The van der Waals surface area contributed by atoms with Gasteiger partial charge in [-0.1, -0.05) is 24.3 Å². The minimum absolute atomic E-state index is 0.0368. The lowest BCUT2D eigenvalue weighted by Gasteiger charge is -2.23. The van der Waals surface area contributed by atoms with Crippen LogP contribution in [0.2, 0.25) is 0 Å². The van der Waals surface area contributed by atoms with E-state index in [4.69, 9.17) is 4.74 Å². The quantitative estimate of drug-likeness (QED) is 0.272. The van der Waals surface area contributed by atoms with Crippen molar-refractivity contribution in [3.8, 4) is 5.75 Å². The van der Waals surface area contributed by atoms with Crippen LogP contribution in [0.1, 0.15) is 21.5 Å². The van der Waals surface area contributed by atoms with Gasteiger partial charge in [0.25, 0.3) is 15.9 Å². The molecule has 0 fully saturated rings. The SMILES string of the molecule is COc1ccc(NS(=O)(=O)c2ccc(NC(=O)c3ccc(CN(c4cccc(C)c4)S(C)(=O)=O)cc3)cc2)cc1. The summed E-state index contributed by atoms with van der Waals surface area (Å²) >= 11 is 0. The van der Waals surface area contributed by atoms with E-state index < -0.39 is 26.0 Å². The van der Waals surface area contributed by atoms with Crippen LogP contribution in [0.5, 0.6) is 5.75 Å². The minimum Gasteiger partial charge on any atom is -0.497 e. The molecule has 4 aromatic rings. The van der Waals surface area contributed by atoms with Crippen LogP contribution in [0, 0.1) is 6.92 Å². The second kappa shape index (κ2) is 11.8. The molecule has 0 saturated heterocycles. The third-order valence-corrected chi connectivity index (χ3v) is 8.53. The predicted octanol–water partition coefficient (Wildman–Crippen LogP) is 5.02. The van der Waals surface area contributed by atoms with Crippen molar-refractivity contribution in [1.29, 1.82) is 0 Å². The summed E-state index contributed by atoms with van der Waals surface area (Å²) in [6.45, 7) is 2.01. The molecule has 2 N–H and O–H groups in total. The van der Waals surface area contributed by atoms with Gasteiger partial charge in [-0.3, -0.25) is 13.8 Å². The number of nitrogens with zero attached hydrogens (tertiary/aromatic N) is 1. The Morgan fingerprint density at radius 2 is 1.45 bits per heavy atom. The van der Waals surface area contributed by atoms with Gasteiger partial charge in [-0.2, -0.15) is 0 Å². The van der Waals surface area contributed by atoms with Gasteiger partial charge in [-0.05, 0) is 90.8 Å². The summed E-state index contributed by atoms with van der Waals surface area (Å²) < 4.78 is 59.2. The lowest BCUT2D eigenvalue weighted by atomic mass is 10.1. The van der Waals surface area contributed by atoms with Crippen molar-refractivity contribution in [3.63, 3.8) is 0 Å². The lowest BCUT2D eigenvalue weighted by molar-refractivity contribution is 0.102. The molecule has 40 heavy (non-hydrogen) atoms. The minimum atomic E-state index is -3.83. The zero-order chi connectivity index (χ0) is 28.9. The van der Waals surface area contributed by atoms with Crippen LogP contribution >= 0.6 is 0 Å². The molecule has 0 atom stereocenters. The maximum Gasteiger partial charge on any atom is 0.261 e. The van der Waals surface area contributed by atoms with E-state index in [1.54, 1.807) is 66.7 Å². The molecule has 0 aliphatic carbocycles. The van der Waals surface area contributed by atoms with Gasteiger partial charge in [0.1, 0.15) is 5.75 Å². The molecule has 0 radical (unpaired) electrons. The number of rotatable bonds is 10. The molecule has 4 rings (SSSR count). The molecule has 0 heterocycles. The first-order valence-corrected chi connectivity index (χ1v) is 15.5. The van der Waals surface area contributed by atoms with E-state index in [0.29, 0.717) is 33.9 Å². The third-order valence-electron chi connectivity index (χ3n) is 6.00. The first-order valence-electron chi connectivity index (χ1n) is 12.2. The zero-order valence-electron chi connectivity index (χ0n) is 22.2. The molecule has 11 heteroatoms. The van der Waals surface area contributed by atoms with Crippen LogP contribution in [0.4, 0.5) is 17.1 Å². The summed E-state index contributed by atoms with van der Waals surface area (Å²) in [5.41, 5.74) is 3.39. The molecule has 0 aromatic heterocycles. The number of carbonyl (C=O) groups excluding carboxylic acids is 1. The normalized spacial score (nSPS) is 11.5. The van der Waals surface area contributed by atoms with Crippen molar-refractivity contribution in [2.45, 2.75) is 18.4 Å². The lowest BCUT2D eigenvalue weighted by Crippen LogP contribution is -2.29. The highest BCUT2D eigenvalue weighted by Crippen LogP contribution is 2.23. The topological polar surface area (TPSA) is 122 Å². The zero-order valence-corrected chi connectivity index (χ0v) is 23.8. The number of ether oxygens (including phenoxy) is 1. The van der Waals surface area contributed by atoms with Crippen LogP contribution in [-0.2, 0) is 26.6 Å². The summed E-state index contributed by atoms with van der Waals surface area (Å²) in [7, 11) is -5.84. The molecule has 0 bridgehead atoms. The number of benzene rings is 4. The molecular formula is C29H29N3O6S2. The largest absolute Gasteiger partial charge is 0.497 e. The maximum atomic E-state index is 12.8. The van der Waals surface area contributed by atoms with Crippen molar-refractivity contribution in [2.24, 2.45) is 0 Å². The molecule has 0 unspecified atom stereocenters. The maximum absolute atomic E-state index is 12.8. The van der Waals surface area contributed by atoms with Gasteiger partial charge in [0.05, 0.1) is 30.5 Å². The molecule has 0 spiro atoms. The van der Waals surface area contributed by atoms with Crippen LogP contribution in [0.3, 0.4) is 0 Å². The fourth-order valence-electron chi connectivity index (χ4n) is 3.90. The fraction of sp³-hybridized carbons (Fsp3) is 0.138. The van der Waals surface area contributed by atoms with Gasteiger partial charge in [-0.15, -0.1) is 0 Å². The first-order chi connectivity index (χ1) is 18.9. The van der Waals surface area contributed by atoms with E-state index in [9.17, 15) is 21.6 Å². The Hall–Kier alpha value is -4.35. The van der Waals surface area contributed by atoms with Gasteiger partial charge in [0.15, 0.2) is 0 Å². The van der Waals surface area contributed by atoms with Gasteiger partial charge in [-0.25, -0.2) is 16.8 Å². The van der Waals surface area contributed by atoms with Crippen LogP contribution in [-0.4, -0.2) is 36.1 Å². The number of anilines is 3. The highest BCUT2D eigenvalue weighted by atomic mass is 32.2. The van der Waals surface area contributed by atoms with Crippen LogP contribution in [0.15, 0.2) is 102 Å². The monoisotopic (exact) mass is 579 g/mol. The summed E-state index contributed by atoms with van der Waals surface area (Å²) in [5, 5.41) is 2.74. The van der Waals surface area contributed by atoms with E-state index in [2.05, 4.69) is 10.0 Å². The van der Waals surface area contributed by atoms with Gasteiger partial charge >= 0.3 is 0 Å². The highest BCUT2D eigenvalue weighted by Gasteiger charge is 2.19. The number of methoxy groups -OCH3 is 1. The molecule has 4 aromatic carbocycles. The van der Waals surface area contributed by atoms with Crippen molar-refractivity contribution >= 4 is 43.0 Å². The molecule has 9 nitrogen and oxygen atoms in total. The fourth-order valence-corrected chi connectivity index (χ4v) is 5.84. The van der Waals surface area contributed by atoms with Crippen molar-refractivity contribution < 1.29 is 26.4 Å². The second-order valence-electron chi connectivity index (χ2n) is 9.12. The van der Waals surface area contributed by atoms with Crippen LogP contribution < -0.4 is 19.1 Å². The molecule has 0 saturated carbocycles. The molecule has 0 aliphatic rings. The Bertz CT molecular complexity index is 1700. The Morgan fingerprint density at radius 1 is 0.825 bits per heavy atom.